The minimum Gasteiger partial charge on any atom is -0.390 e. The number of hydrogen-bond acceptors (Lipinski definition) is 3. The molecule has 0 aromatic carbocycles. The van der Waals surface area contributed by atoms with Gasteiger partial charge in [0.15, 0.2) is 0 Å². The molecule has 0 aliphatic rings. The minimum atomic E-state index is -0.946. The third-order valence-electron chi connectivity index (χ3n) is 4.76. The van der Waals surface area contributed by atoms with Crippen molar-refractivity contribution in [3.63, 3.8) is 0 Å². The average Bonchev–Trinajstić information content (AvgIpc) is 2.59. The fourth-order valence-corrected chi connectivity index (χ4v) is 3.08. The van der Waals surface area contributed by atoms with Crippen LogP contribution in [0.5, 0.6) is 0 Å². The summed E-state index contributed by atoms with van der Waals surface area (Å²) in [6, 6.07) is -0.526. The van der Waals surface area contributed by atoms with Crippen molar-refractivity contribution in [3.8, 4) is 0 Å². The van der Waals surface area contributed by atoms with Gasteiger partial charge in [-0.15, -0.1) is 0 Å². The summed E-state index contributed by atoms with van der Waals surface area (Å²) in [7, 11) is 0. The molecular weight excluding hydrogens is 302 g/mol. The van der Waals surface area contributed by atoms with Gasteiger partial charge < -0.3 is 10.2 Å². The van der Waals surface area contributed by atoms with Crippen molar-refractivity contribution in [2.45, 2.75) is 122 Å². The van der Waals surface area contributed by atoms with E-state index >= 15 is 0 Å². The second-order valence-corrected chi connectivity index (χ2v) is 6.92. The van der Waals surface area contributed by atoms with Crippen LogP contribution in [0.1, 0.15) is 104 Å². The Kier molecular flexibility index (Phi) is 16.5. The highest BCUT2D eigenvalue weighted by atomic mass is 16.3. The first-order chi connectivity index (χ1) is 11.7. The van der Waals surface area contributed by atoms with E-state index < -0.39 is 18.2 Å². The van der Waals surface area contributed by atoms with E-state index in [1.54, 1.807) is 0 Å². The van der Waals surface area contributed by atoms with Crippen molar-refractivity contribution in [3.05, 3.63) is 10.4 Å². The number of hydrogen-bond donors (Lipinski definition) is 2. The third kappa shape index (κ3) is 12.6. The van der Waals surface area contributed by atoms with Crippen molar-refractivity contribution in [2.75, 3.05) is 0 Å². The average molecular weight is 342 g/mol. The molecule has 3 atom stereocenters. The minimum absolute atomic E-state index is 0.526. The Morgan fingerprint density at radius 1 is 0.792 bits per heavy atom. The molecule has 0 aliphatic carbocycles. The second-order valence-electron chi connectivity index (χ2n) is 6.92. The van der Waals surface area contributed by atoms with Crippen LogP contribution in [-0.2, 0) is 0 Å². The predicted molar refractivity (Wildman–Crippen MR) is 101 cm³/mol. The van der Waals surface area contributed by atoms with Gasteiger partial charge in [-0.1, -0.05) is 96.0 Å². The molecule has 0 aromatic rings. The molecule has 0 rings (SSSR count). The Bertz CT molecular complexity index is 320. The van der Waals surface area contributed by atoms with Crippen LogP contribution >= 0.6 is 0 Å². The van der Waals surface area contributed by atoms with E-state index in [9.17, 15) is 10.2 Å². The van der Waals surface area contributed by atoms with E-state index in [1.165, 1.54) is 64.2 Å². The number of azide groups is 1. The molecule has 0 saturated carbocycles. The van der Waals surface area contributed by atoms with Crippen LogP contribution in [0.2, 0.25) is 0 Å². The summed E-state index contributed by atoms with van der Waals surface area (Å²) >= 11 is 0. The van der Waals surface area contributed by atoms with Crippen molar-refractivity contribution in [1.29, 1.82) is 0 Å². The molecule has 142 valence electrons. The third-order valence-corrected chi connectivity index (χ3v) is 4.76. The molecule has 0 spiro atoms. The van der Waals surface area contributed by atoms with Gasteiger partial charge in [0.05, 0.1) is 18.2 Å². The molecule has 0 amide bonds. The Morgan fingerprint density at radius 3 is 1.67 bits per heavy atom. The maximum atomic E-state index is 9.97. The highest BCUT2D eigenvalue weighted by molar-refractivity contribution is 4.80. The van der Waals surface area contributed by atoms with E-state index in [-0.39, 0.29) is 0 Å². The summed E-state index contributed by atoms with van der Waals surface area (Å²) in [5, 5.41) is 23.5. The topological polar surface area (TPSA) is 89.2 Å². The highest BCUT2D eigenvalue weighted by Crippen LogP contribution is 2.16. The zero-order chi connectivity index (χ0) is 18.0. The number of aliphatic hydroxyl groups excluding tert-OH is 2. The quantitative estimate of drug-likeness (QED) is 0.149. The molecule has 0 heterocycles. The Balaban J connectivity index is 3.47. The molecule has 0 aromatic heterocycles. The molecule has 5 heteroatoms. The van der Waals surface area contributed by atoms with E-state index in [0.717, 1.165) is 12.8 Å². The molecule has 0 fully saturated rings. The van der Waals surface area contributed by atoms with Gasteiger partial charge >= 0.3 is 0 Å². The van der Waals surface area contributed by atoms with Crippen LogP contribution in [0, 0.1) is 0 Å². The molecule has 0 saturated heterocycles. The first kappa shape index (κ1) is 23.2. The van der Waals surface area contributed by atoms with Gasteiger partial charge in [-0.3, -0.25) is 0 Å². The van der Waals surface area contributed by atoms with Crippen molar-refractivity contribution in [2.24, 2.45) is 5.11 Å². The SMILES string of the molecule is CCCCCCCCCCCCCC[C@H](O)[C@@H](O)[C@H](CC)N=[N+]=[N-]. The monoisotopic (exact) mass is 341 g/mol. The maximum absolute atomic E-state index is 9.97. The zero-order valence-corrected chi connectivity index (χ0v) is 15.9. The van der Waals surface area contributed by atoms with Crippen molar-refractivity contribution < 1.29 is 10.2 Å². The van der Waals surface area contributed by atoms with Crippen LogP contribution in [0.4, 0.5) is 0 Å². The molecule has 24 heavy (non-hydrogen) atoms. The van der Waals surface area contributed by atoms with Crippen LogP contribution < -0.4 is 0 Å². The molecule has 0 unspecified atom stereocenters. The summed E-state index contributed by atoms with van der Waals surface area (Å²) in [5.41, 5.74) is 8.45. The standard InChI is InChI=1S/C19H39N3O2/c1-3-5-6-7-8-9-10-11-12-13-14-15-16-18(23)19(24)17(4-2)21-22-20/h17-19,23-24H,3-16H2,1-2H3/t17-,18-,19-/m0/s1. The molecule has 0 radical (unpaired) electrons. The molecule has 0 bridgehead atoms. The summed E-state index contributed by atoms with van der Waals surface area (Å²) in [6.45, 7) is 4.10. The first-order valence-electron chi connectivity index (χ1n) is 10.1. The highest BCUT2D eigenvalue weighted by Gasteiger charge is 2.23. The van der Waals surface area contributed by atoms with Crippen LogP contribution in [0.3, 0.4) is 0 Å². The van der Waals surface area contributed by atoms with E-state index in [0.29, 0.717) is 12.8 Å². The molecule has 5 nitrogen and oxygen atoms in total. The maximum Gasteiger partial charge on any atom is 0.0883 e. The number of rotatable bonds is 17. The molecular formula is C19H39N3O2. The normalized spacial score (nSPS) is 14.8. The lowest BCUT2D eigenvalue weighted by Gasteiger charge is -2.22. The Morgan fingerprint density at radius 2 is 1.25 bits per heavy atom. The Labute approximate surface area is 148 Å². The smallest absolute Gasteiger partial charge is 0.0883 e. The summed E-state index contributed by atoms with van der Waals surface area (Å²) < 4.78 is 0. The second kappa shape index (κ2) is 17.1. The largest absolute Gasteiger partial charge is 0.390 e. The lowest BCUT2D eigenvalue weighted by Crippen LogP contribution is -2.35. The first-order valence-corrected chi connectivity index (χ1v) is 10.1. The summed E-state index contributed by atoms with van der Waals surface area (Å²) in [4.78, 5) is 2.73. The fourth-order valence-electron chi connectivity index (χ4n) is 3.08. The van der Waals surface area contributed by atoms with Gasteiger partial charge in [0, 0.05) is 4.91 Å². The van der Waals surface area contributed by atoms with Crippen molar-refractivity contribution >= 4 is 0 Å². The van der Waals surface area contributed by atoms with Crippen LogP contribution in [0.15, 0.2) is 5.11 Å². The summed E-state index contributed by atoms with van der Waals surface area (Å²) in [6.07, 6.45) is 14.8. The number of nitrogens with zero attached hydrogens (tertiary/aromatic N) is 3. The molecule has 0 aliphatic heterocycles. The lowest BCUT2D eigenvalue weighted by atomic mass is 9.98. The van der Waals surface area contributed by atoms with Gasteiger partial charge in [-0.2, -0.15) is 0 Å². The van der Waals surface area contributed by atoms with Gasteiger partial charge in [-0.25, -0.2) is 0 Å². The predicted octanol–water partition coefficient (Wildman–Crippen LogP) is 5.89. The van der Waals surface area contributed by atoms with E-state index in [1.807, 2.05) is 6.92 Å². The van der Waals surface area contributed by atoms with Gasteiger partial charge in [0.1, 0.15) is 0 Å². The number of aliphatic hydroxyl groups is 2. The zero-order valence-electron chi connectivity index (χ0n) is 15.9. The fraction of sp³-hybridized carbons (Fsp3) is 1.00. The van der Waals surface area contributed by atoms with Gasteiger partial charge in [0.2, 0.25) is 0 Å². The van der Waals surface area contributed by atoms with E-state index in [4.69, 9.17) is 5.53 Å². The summed E-state index contributed by atoms with van der Waals surface area (Å²) in [5.74, 6) is 0. The van der Waals surface area contributed by atoms with Gasteiger partial charge in [-0.05, 0) is 18.4 Å². The molecule has 2 N–H and O–H groups in total. The van der Waals surface area contributed by atoms with E-state index in [2.05, 4.69) is 16.9 Å². The van der Waals surface area contributed by atoms with Crippen molar-refractivity contribution in [1.82, 2.24) is 0 Å². The lowest BCUT2D eigenvalue weighted by molar-refractivity contribution is -0.00211. The van der Waals surface area contributed by atoms with Crippen LogP contribution in [0.25, 0.3) is 10.4 Å². The van der Waals surface area contributed by atoms with Gasteiger partial charge in [0.25, 0.3) is 0 Å². The Hall–Kier alpha value is -0.770. The number of unbranched alkanes of at least 4 members (excludes halogenated alkanes) is 11. The van der Waals surface area contributed by atoms with Crippen LogP contribution in [-0.4, -0.2) is 28.5 Å².